The molecule has 0 fully saturated rings. The SMILES string of the molecule is N#CCC(=O)NCc1cccc(OCCOc2ccccc2Cl)c1. The van der Waals surface area contributed by atoms with Gasteiger partial charge in [-0.2, -0.15) is 5.26 Å². The van der Waals surface area contributed by atoms with Gasteiger partial charge in [-0.3, -0.25) is 4.79 Å². The summed E-state index contributed by atoms with van der Waals surface area (Å²) in [4.78, 5) is 11.3. The Bertz CT molecular complexity index is 728. The van der Waals surface area contributed by atoms with Crippen molar-refractivity contribution < 1.29 is 14.3 Å². The zero-order valence-corrected chi connectivity index (χ0v) is 13.8. The molecule has 0 saturated heterocycles. The first-order chi connectivity index (χ1) is 11.7. The molecule has 0 unspecified atom stereocenters. The van der Waals surface area contributed by atoms with Crippen LogP contribution in [0.15, 0.2) is 48.5 Å². The molecule has 0 atom stereocenters. The molecule has 0 bridgehead atoms. The number of para-hydroxylation sites is 1. The van der Waals surface area contributed by atoms with Crippen molar-refractivity contribution in [3.8, 4) is 17.6 Å². The number of hydrogen-bond acceptors (Lipinski definition) is 4. The van der Waals surface area contributed by atoms with Gasteiger partial charge in [0.2, 0.25) is 5.91 Å². The number of ether oxygens (including phenoxy) is 2. The van der Waals surface area contributed by atoms with Crippen molar-refractivity contribution in [2.75, 3.05) is 13.2 Å². The van der Waals surface area contributed by atoms with Crippen LogP contribution in [0.5, 0.6) is 11.5 Å². The van der Waals surface area contributed by atoms with Gasteiger partial charge in [0, 0.05) is 6.54 Å². The molecule has 0 aliphatic carbocycles. The van der Waals surface area contributed by atoms with Gasteiger partial charge in [0.1, 0.15) is 31.1 Å². The van der Waals surface area contributed by atoms with E-state index in [0.717, 1.165) is 5.56 Å². The van der Waals surface area contributed by atoms with Crippen LogP contribution in [-0.4, -0.2) is 19.1 Å². The molecule has 0 aromatic heterocycles. The maximum absolute atomic E-state index is 11.3. The maximum atomic E-state index is 11.3. The van der Waals surface area contributed by atoms with Crippen LogP contribution in [-0.2, 0) is 11.3 Å². The van der Waals surface area contributed by atoms with E-state index in [4.69, 9.17) is 26.3 Å². The number of amides is 1. The summed E-state index contributed by atoms with van der Waals surface area (Å²) in [6.45, 7) is 1.09. The highest BCUT2D eigenvalue weighted by Crippen LogP contribution is 2.23. The standard InChI is InChI=1S/C18H17ClN2O3/c19-16-6-1-2-7-17(16)24-11-10-23-15-5-3-4-14(12-15)13-21-18(22)8-9-20/h1-7,12H,8,10-11,13H2,(H,21,22). The Morgan fingerprint density at radius 1 is 1.12 bits per heavy atom. The molecular weight excluding hydrogens is 328 g/mol. The fourth-order valence-electron chi connectivity index (χ4n) is 1.95. The zero-order valence-electron chi connectivity index (χ0n) is 13.0. The number of halogens is 1. The molecule has 124 valence electrons. The van der Waals surface area contributed by atoms with E-state index < -0.39 is 0 Å². The molecule has 1 N–H and O–H groups in total. The summed E-state index contributed by atoms with van der Waals surface area (Å²) in [7, 11) is 0. The largest absolute Gasteiger partial charge is 0.490 e. The van der Waals surface area contributed by atoms with Gasteiger partial charge >= 0.3 is 0 Å². The van der Waals surface area contributed by atoms with Crippen molar-refractivity contribution >= 4 is 17.5 Å². The third-order valence-corrected chi connectivity index (χ3v) is 3.39. The number of carbonyl (C=O) groups excluding carboxylic acids is 1. The van der Waals surface area contributed by atoms with Crippen LogP contribution in [0, 0.1) is 11.3 Å². The number of rotatable bonds is 8. The zero-order chi connectivity index (χ0) is 17.2. The lowest BCUT2D eigenvalue weighted by atomic mass is 10.2. The van der Waals surface area contributed by atoms with Crippen molar-refractivity contribution in [1.29, 1.82) is 5.26 Å². The van der Waals surface area contributed by atoms with Crippen LogP contribution in [0.3, 0.4) is 0 Å². The molecule has 24 heavy (non-hydrogen) atoms. The summed E-state index contributed by atoms with van der Waals surface area (Å²) < 4.78 is 11.2. The van der Waals surface area contributed by atoms with Crippen molar-refractivity contribution in [2.45, 2.75) is 13.0 Å². The molecule has 2 aromatic rings. The molecule has 0 aliphatic rings. The number of nitriles is 1. The van der Waals surface area contributed by atoms with Crippen LogP contribution in [0.25, 0.3) is 0 Å². The van der Waals surface area contributed by atoms with Gasteiger partial charge in [-0.15, -0.1) is 0 Å². The number of nitrogens with zero attached hydrogens (tertiary/aromatic N) is 1. The minimum Gasteiger partial charge on any atom is -0.490 e. The number of nitrogens with one attached hydrogen (secondary N) is 1. The molecule has 0 spiro atoms. The molecule has 2 aromatic carbocycles. The van der Waals surface area contributed by atoms with Gasteiger partial charge in [0.05, 0.1) is 11.1 Å². The molecular formula is C18H17ClN2O3. The predicted molar refractivity (Wildman–Crippen MR) is 91.0 cm³/mol. The first-order valence-corrected chi connectivity index (χ1v) is 7.79. The average molecular weight is 345 g/mol. The van der Waals surface area contributed by atoms with E-state index >= 15 is 0 Å². The Kier molecular flexibility index (Phi) is 6.93. The Morgan fingerprint density at radius 2 is 1.92 bits per heavy atom. The van der Waals surface area contributed by atoms with Gasteiger partial charge in [-0.05, 0) is 29.8 Å². The van der Waals surface area contributed by atoms with Gasteiger partial charge in [-0.1, -0.05) is 35.9 Å². The monoisotopic (exact) mass is 344 g/mol. The van der Waals surface area contributed by atoms with Crippen molar-refractivity contribution in [3.63, 3.8) is 0 Å². The van der Waals surface area contributed by atoms with E-state index in [0.29, 0.717) is 36.3 Å². The van der Waals surface area contributed by atoms with E-state index in [1.807, 2.05) is 36.4 Å². The summed E-state index contributed by atoms with van der Waals surface area (Å²) in [6, 6.07) is 16.4. The molecule has 1 amide bonds. The second kappa shape index (κ2) is 9.43. The highest BCUT2D eigenvalue weighted by molar-refractivity contribution is 6.32. The van der Waals surface area contributed by atoms with Gasteiger partial charge < -0.3 is 14.8 Å². The fourth-order valence-corrected chi connectivity index (χ4v) is 2.14. The molecule has 5 nitrogen and oxygen atoms in total. The first-order valence-electron chi connectivity index (χ1n) is 7.42. The third-order valence-electron chi connectivity index (χ3n) is 3.07. The molecule has 6 heteroatoms. The van der Waals surface area contributed by atoms with E-state index in [2.05, 4.69) is 5.32 Å². The Morgan fingerprint density at radius 3 is 2.71 bits per heavy atom. The lowest BCUT2D eigenvalue weighted by molar-refractivity contribution is -0.120. The Hall–Kier alpha value is -2.71. The van der Waals surface area contributed by atoms with Gasteiger partial charge in [0.15, 0.2) is 0 Å². The highest BCUT2D eigenvalue weighted by atomic mass is 35.5. The predicted octanol–water partition coefficient (Wildman–Crippen LogP) is 3.33. The summed E-state index contributed by atoms with van der Waals surface area (Å²) in [6.07, 6.45) is -0.143. The van der Waals surface area contributed by atoms with Crippen LogP contribution in [0.1, 0.15) is 12.0 Å². The quantitative estimate of drug-likeness (QED) is 0.746. The number of hydrogen-bond donors (Lipinski definition) is 1. The van der Waals surface area contributed by atoms with Crippen LogP contribution in [0.2, 0.25) is 5.02 Å². The normalized spacial score (nSPS) is 9.83. The summed E-state index contributed by atoms with van der Waals surface area (Å²) in [5.41, 5.74) is 0.894. The fraction of sp³-hybridized carbons (Fsp3) is 0.222. The number of carbonyl (C=O) groups is 1. The van der Waals surface area contributed by atoms with Crippen molar-refractivity contribution in [2.24, 2.45) is 0 Å². The second-order valence-electron chi connectivity index (χ2n) is 4.89. The topological polar surface area (TPSA) is 71.4 Å². The summed E-state index contributed by atoms with van der Waals surface area (Å²) in [5, 5.41) is 11.7. The van der Waals surface area contributed by atoms with E-state index in [9.17, 15) is 4.79 Å². The van der Waals surface area contributed by atoms with E-state index in [-0.39, 0.29) is 12.3 Å². The summed E-state index contributed by atoms with van der Waals surface area (Å²) in [5.74, 6) is 1.01. The van der Waals surface area contributed by atoms with E-state index in [1.54, 1.807) is 18.2 Å². The van der Waals surface area contributed by atoms with Crippen LogP contribution < -0.4 is 14.8 Å². The Balaban J connectivity index is 1.77. The minimum atomic E-state index is -0.294. The molecule has 0 heterocycles. The molecule has 0 radical (unpaired) electrons. The van der Waals surface area contributed by atoms with Crippen molar-refractivity contribution in [1.82, 2.24) is 5.32 Å². The van der Waals surface area contributed by atoms with E-state index in [1.165, 1.54) is 0 Å². The van der Waals surface area contributed by atoms with Gasteiger partial charge in [-0.25, -0.2) is 0 Å². The van der Waals surface area contributed by atoms with Crippen molar-refractivity contribution in [3.05, 3.63) is 59.1 Å². The molecule has 2 rings (SSSR count). The molecule has 0 aliphatic heterocycles. The lowest BCUT2D eigenvalue weighted by Crippen LogP contribution is -2.21. The average Bonchev–Trinajstić information content (AvgIpc) is 2.59. The minimum absolute atomic E-state index is 0.143. The maximum Gasteiger partial charge on any atom is 0.234 e. The highest BCUT2D eigenvalue weighted by Gasteiger charge is 2.02. The second-order valence-corrected chi connectivity index (χ2v) is 5.29. The smallest absolute Gasteiger partial charge is 0.234 e. The Labute approximate surface area is 145 Å². The third kappa shape index (κ3) is 5.82. The summed E-state index contributed by atoms with van der Waals surface area (Å²) >= 11 is 6.00. The molecule has 0 saturated carbocycles. The van der Waals surface area contributed by atoms with Gasteiger partial charge in [0.25, 0.3) is 0 Å². The van der Waals surface area contributed by atoms with Crippen LogP contribution >= 0.6 is 11.6 Å². The number of benzene rings is 2. The van der Waals surface area contributed by atoms with Crippen LogP contribution in [0.4, 0.5) is 0 Å². The lowest BCUT2D eigenvalue weighted by Gasteiger charge is -2.10. The first kappa shape index (κ1) is 17.6.